The minimum Gasteiger partial charge on any atom is -0.480 e. The van der Waals surface area contributed by atoms with Gasteiger partial charge in [-0.1, -0.05) is 6.07 Å². The van der Waals surface area contributed by atoms with Crippen molar-refractivity contribution in [2.45, 2.75) is 26.3 Å². The third-order valence-corrected chi connectivity index (χ3v) is 2.50. The Morgan fingerprint density at radius 1 is 1.33 bits per heavy atom. The number of carbonyl (C=O) groups is 2. The van der Waals surface area contributed by atoms with E-state index in [0.717, 1.165) is 17.0 Å². The maximum Gasteiger partial charge on any atom is 0.573 e. The van der Waals surface area contributed by atoms with Gasteiger partial charge in [-0.2, -0.15) is 0 Å². The van der Waals surface area contributed by atoms with Crippen LogP contribution < -0.4 is 4.74 Å². The van der Waals surface area contributed by atoms with Crippen LogP contribution in [0.5, 0.6) is 5.75 Å². The van der Waals surface area contributed by atoms with Gasteiger partial charge in [-0.25, -0.2) is 0 Å². The van der Waals surface area contributed by atoms with Gasteiger partial charge >= 0.3 is 12.3 Å². The minimum absolute atomic E-state index is 0.0771. The van der Waals surface area contributed by atoms with Crippen molar-refractivity contribution < 1.29 is 32.6 Å². The summed E-state index contributed by atoms with van der Waals surface area (Å²) in [7, 11) is 0. The Morgan fingerprint density at radius 3 is 2.43 bits per heavy atom. The quantitative estimate of drug-likeness (QED) is 0.907. The first-order chi connectivity index (χ1) is 9.60. The molecule has 1 rings (SSSR count). The number of carbonyl (C=O) groups excluding carboxylic acids is 1. The molecular weight excluding hydrogens is 291 g/mol. The average Bonchev–Trinajstić information content (AvgIpc) is 2.33. The molecule has 0 saturated carbocycles. The lowest BCUT2D eigenvalue weighted by Gasteiger charge is -2.25. The number of halogens is 3. The van der Waals surface area contributed by atoms with Crippen molar-refractivity contribution in [3.05, 3.63) is 29.8 Å². The zero-order valence-electron chi connectivity index (χ0n) is 11.3. The molecule has 116 valence electrons. The topological polar surface area (TPSA) is 66.8 Å². The molecule has 1 aromatic rings. The number of carboxylic acid groups (broad SMARTS) is 1. The van der Waals surface area contributed by atoms with Crippen molar-refractivity contribution in [2.75, 3.05) is 6.54 Å². The summed E-state index contributed by atoms with van der Waals surface area (Å²) in [6.45, 7) is 2.68. The predicted octanol–water partition coefficient (Wildman–Crippen LogP) is 2.52. The van der Waals surface area contributed by atoms with Crippen molar-refractivity contribution in [3.8, 4) is 5.75 Å². The van der Waals surface area contributed by atoms with E-state index in [2.05, 4.69) is 4.74 Å². The molecule has 0 saturated heterocycles. The zero-order valence-corrected chi connectivity index (χ0v) is 11.3. The van der Waals surface area contributed by atoms with Crippen LogP contribution in [0.4, 0.5) is 13.2 Å². The monoisotopic (exact) mass is 305 g/mol. The van der Waals surface area contributed by atoms with Crippen LogP contribution in [0.2, 0.25) is 0 Å². The standard InChI is InChI=1S/C13H14F3NO4/c1-8(2)17(7-11(18)19)12(20)9-4-3-5-10(6-9)21-13(14,15)16/h3-6,8H,7H2,1-2H3,(H,18,19). The molecule has 21 heavy (non-hydrogen) atoms. The highest BCUT2D eigenvalue weighted by Crippen LogP contribution is 2.24. The Labute approximate surface area is 118 Å². The van der Waals surface area contributed by atoms with Crippen molar-refractivity contribution in [1.29, 1.82) is 0 Å². The van der Waals surface area contributed by atoms with Crippen molar-refractivity contribution >= 4 is 11.9 Å². The lowest BCUT2D eigenvalue weighted by molar-refractivity contribution is -0.274. The van der Waals surface area contributed by atoms with Crippen LogP contribution in [-0.2, 0) is 4.79 Å². The van der Waals surface area contributed by atoms with Gasteiger partial charge in [0.1, 0.15) is 12.3 Å². The molecule has 0 aromatic heterocycles. The van der Waals surface area contributed by atoms with Crippen LogP contribution in [0.25, 0.3) is 0 Å². The van der Waals surface area contributed by atoms with E-state index in [9.17, 15) is 22.8 Å². The van der Waals surface area contributed by atoms with E-state index in [4.69, 9.17) is 5.11 Å². The van der Waals surface area contributed by atoms with E-state index in [0.29, 0.717) is 0 Å². The summed E-state index contributed by atoms with van der Waals surface area (Å²) in [5, 5.41) is 8.77. The van der Waals surface area contributed by atoms with E-state index in [1.165, 1.54) is 12.1 Å². The number of rotatable bonds is 5. The van der Waals surface area contributed by atoms with E-state index in [1.54, 1.807) is 13.8 Å². The fourth-order valence-electron chi connectivity index (χ4n) is 1.63. The van der Waals surface area contributed by atoms with E-state index < -0.39 is 36.6 Å². The van der Waals surface area contributed by atoms with Crippen LogP contribution in [0.1, 0.15) is 24.2 Å². The number of benzene rings is 1. The van der Waals surface area contributed by atoms with Crippen molar-refractivity contribution in [1.82, 2.24) is 4.90 Å². The highest BCUT2D eigenvalue weighted by molar-refractivity contribution is 5.96. The van der Waals surface area contributed by atoms with E-state index in [-0.39, 0.29) is 5.56 Å². The maximum atomic E-state index is 12.2. The summed E-state index contributed by atoms with van der Waals surface area (Å²) < 4.78 is 40.1. The van der Waals surface area contributed by atoms with Crippen LogP contribution in [-0.4, -0.2) is 40.8 Å². The Balaban J connectivity index is 3.00. The molecule has 0 radical (unpaired) electrons. The van der Waals surface area contributed by atoms with Crippen LogP contribution in [0, 0.1) is 0 Å². The summed E-state index contributed by atoms with van der Waals surface area (Å²) in [5.74, 6) is -2.42. The molecule has 5 nitrogen and oxygen atoms in total. The van der Waals surface area contributed by atoms with Gasteiger partial charge in [0.05, 0.1) is 0 Å². The summed E-state index contributed by atoms with van der Waals surface area (Å²) in [6, 6.07) is 4.09. The molecule has 0 atom stereocenters. The Kier molecular flexibility index (Phi) is 5.17. The number of nitrogens with zero attached hydrogens (tertiary/aromatic N) is 1. The van der Waals surface area contributed by atoms with Crippen molar-refractivity contribution in [3.63, 3.8) is 0 Å². The first-order valence-electron chi connectivity index (χ1n) is 5.98. The van der Waals surface area contributed by atoms with Gasteiger partial charge in [0.2, 0.25) is 0 Å². The molecular formula is C13H14F3NO4. The first kappa shape index (κ1) is 16.8. The lowest BCUT2D eigenvalue weighted by atomic mass is 10.1. The molecule has 0 fully saturated rings. The van der Waals surface area contributed by atoms with E-state index in [1.807, 2.05) is 0 Å². The molecule has 0 spiro atoms. The van der Waals surface area contributed by atoms with Gasteiger partial charge in [0, 0.05) is 11.6 Å². The number of aliphatic carboxylic acids is 1. The molecule has 0 aliphatic heterocycles. The predicted molar refractivity (Wildman–Crippen MR) is 66.9 cm³/mol. The molecule has 0 unspecified atom stereocenters. The van der Waals surface area contributed by atoms with Gasteiger partial charge in [0.25, 0.3) is 5.91 Å². The second-order valence-corrected chi connectivity index (χ2v) is 4.50. The Hall–Kier alpha value is -2.25. The third-order valence-electron chi connectivity index (χ3n) is 2.50. The SMILES string of the molecule is CC(C)N(CC(=O)O)C(=O)c1cccc(OC(F)(F)F)c1. The van der Waals surface area contributed by atoms with Gasteiger partial charge in [0.15, 0.2) is 0 Å². The number of hydrogen-bond donors (Lipinski definition) is 1. The minimum atomic E-state index is -4.86. The van der Waals surface area contributed by atoms with Crippen LogP contribution in [0.15, 0.2) is 24.3 Å². The smallest absolute Gasteiger partial charge is 0.480 e. The summed E-state index contributed by atoms with van der Waals surface area (Å²) in [6.07, 6.45) is -4.86. The second-order valence-electron chi connectivity index (χ2n) is 4.50. The summed E-state index contributed by atoms with van der Waals surface area (Å²) in [4.78, 5) is 23.9. The molecule has 8 heteroatoms. The number of alkyl halides is 3. The third kappa shape index (κ3) is 5.33. The molecule has 0 bridgehead atoms. The van der Waals surface area contributed by atoms with Crippen LogP contribution >= 0.6 is 0 Å². The number of amides is 1. The molecule has 1 aromatic carbocycles. The van der Waals surface area contributed by atoms with E-state index >= 15 is 0 Å². The molecule has 1 amide bonds. The fourth-order valence-corrected chi connectivity index (χ4v) is 1.63. The van der Waals surface area contributed by atoms with Crippen molar-refractivity contribution in [2.24, 2.45) is 0 Å². The van der Waals surface area contributed by atoms with Gasteiger partial charge < -0.3 is 14.7 Å². The normalized spacial score (nSPS) is 11.3. The first-order valence-corrected chi connectivity index (χ1v) is 5.98. The number of ether oxygens (including phenoxy) is 1. The largest absolute Gasteiger partial charge is 0.573 e. The Bertz CT molecular complexity index is 528. The summed E-state index contributed by atoms with van der Waals surface area (Å²) >= 11 is 0. The lowest BCUT2D eigenvalue weighted by Crippen LogP contribution is -2.40. The highest BCUT2D eigenvalue weighted by atomic mass is 19.4. The molecule has 0 aliphatic carbocycles. The Morgan fingerprint density at radius 2 is 1.95 bits per heavy atom. The fraction of sp³-hybridized carbons (Fsp3) is 0.385. The molecule has 0 aliphatic rings. The number of hydrogen-bond acceptors (Lipinski definition) is 3. The summed E-state index contributed by atoms with van der Waals surface area (Å²) in [5.41, 5.74) is -0.0771. The maximum absolute atomic E-state index is 12.2. The average molecular weight is 305 g/mol. The van der Waals surface area contributed by atoms with Gasteiger partial charge in [-0.3, -0.25) is 9.59 Å². The zero-order chi connectivity index (χ0) is 16.2. The highest BCUT2D eigenvalue weighted by Gasteiger charge is 2.31. The second kappa shape index (κ2) is 6.47. The van der Waals surface area contributed by atoms with Crippen LogP contribution in [0.3, 0.4) is 0 Å². The number of carboxylic acids is 1. The molecule has 0 heterocycles. The van der Waals surface area contributed by atoms with Gasteiger partial charge in [-0.15, -0.1) is 13.2 Å². The van der Waals surface area contributed by atoms with Gasteiger partial charge in [-0.05, 0) is 32.0 Å². The molecule has 1 N–H and O–H groups in total.